The van der Waals surface area contributed by atoms with Crippen molar-refractivity contribution >= 4 is 12.0 Å². The van der Waals surface area contributed by atoms with Gasteiger partial charge in [0.2, 0.25) is 0 Å². The molecule has 1 rings (SSSR count). The fraction of sp³-hybridized carbons (Fsp3) is 0.300. The molecule has 0 fully saturated rings. The van der Waals surface area contributed by atoms with Crippen molar-refractivity contribution in [1.29, 1.82) is 0 Å². The lowest BCUT2D eigenvalue weighted by atomic mass is 10.2. The van der Waals surface area contributed by atoms with Crippen molar-refractivity contribution in [3.05, 3.63) is 29.8 Å². The molecule has 0 atom stereocenters. The van der Waals surface area contributed by atoms with E-state index in [2.05, 4.69) is 5.10 Å². The van der Waals surface area contributed by atoms with E-state index in [-0.39, 0.29) is 0 Å². The lowest BCUT2D eigenvalue weighted by Gasteiger charge is -2.11. The van der Waals surface area contributed by atoms with Crippen molar-refractivity contribution in [1.82, 2.24) is 0 Å². The van der Waals surface area contributed by atoms with E-state index in [0.717, 1.165) is 5.69 Å². The fourth-order valence-electron chi connectivity index (χ4n) is 0.855. The van der Waals surface area contributed by atoms with Gasteiger partial charge in [0.25, 0.3) is 0 Å². The van der Waals surface area contributed by atoms with Gasteiger partial charge in [-0.25, -0.2) is 5.84 Å². The van der Waals surface area contributed by atoms with Crippen LogP contribution >= 0.6 is 0 Å². The van der Waals surface area contributed by atoms with E-state index in [1.807, 2.05) is 45.0 Å². The SMILES string of the molecule is CC.Cc1ccc(N(N)/C=N\N)cc1. The van der Waals surface area contributed by atoms with Gasteiger partial charge < -0.3 is 5.84 Å². The molecule has 0 spiro atoms. The van der Waals surface area contributed by atoms with Crippen molar-refractivity contribution in [2.75, 3.05) is 5.01 Å². The molecule has 4 heteroatoms. The number of aryl methyl sites for hydroxylation is 1. The van der Waals surface area contributed by atoms with Crippen LogP contribution in [-0.4, -0.2) is 6.34 Å². The van der Waals surface area contributed by atoms with Crippen LogP contribution in [0.3, 0.4) is 0 Å². The number of hydrazine groups is 1. The zero-order valence-corrected chi connectivity index (χ0v) is 8.94. The molecule has 0 saturated heterocycles. The molecule has 0 bridgehead atoms. The number of nitrogens with zero attached hydrogens (tertiary/aromatic N) is 2. The highest BCUT2D eigenvalue weighted by atomic mass is 15.4. The highest BCUT2D eigenvalue weighted by Gasteiger charge is 1.95. The summed E-state index contributed by atoms with van der Waals surface area (Å²) in [5.41, 5.74) is 2.05. The van der Waals surface area contributed by atoms with E-state index in [9.17, 15) is 0 Å². The molecule has 0 aromatic heterocycles. The van der Waals surface area contributed by atoms with Crippen molar-refractivity contribution < 1.29 is 0 Å². The van der Waals surface area contributed by atoms with Crippen LogP contribution in [0.25, 0.3) is 0 Å². The van der Waals surface area contributed by atoms with Crippen molar-refractivity contribution in [3.63, 3.8) is 0 Å². The molecule has 0 aliphatic carbocycles. The van der Waals surface area contributed by atoms with Gasteiger partial charge >= 0.3 is 0 Å². The van der Waals surface area contributed by atoms with Crippen LogP contribution in [0.2, 0.25) is 0 Å². The van der Waals surface area contributed by atoms with Crippen molar-refractivity contribution in [3.8, 4) is 0 Å². The van der Waals surface area contributed by atoms with Crippen LogP contribution in [0.5, 0.6) is 0 Å². The number of rotatable bonds is 2. The lowest BCUT2D eigenvalue weighted by Crippen LogP contribution is -2.29. The smallest absolute Gasteiger partial charge is 0.129 e. The Kier molecular flexibility index (Phi) is 6.15. The summed E-state index contributed by atoms with van der Waals surface area (Å²) in [6.45, 7) is 6.02. The molecule has 4 N–H and O–H groups in total. The molecule has 0 saturated carbocycles. The minimum Gasteiger partial charge on any atom is -0.322 e. The van der Waals surface area contributed by atoms with Crippen LogP contribution in [0.15, 0.2) is 29.4 Å². The number of hydrogen-bond acceptors (Lipinski definition) is 3. The molecule has 0 aliphatic rings. The van der Waals surface area contributed by atoms with Crippen molar-refractivity contribution in [2.24, 2.45) is 16.8 Å². The average Bonchev–Trinajstić information content (AvgIpc) is 2.22. The van der Waals surface area contributed by atoms with E-state index in [4.69, 9.17) is 11.7 Å². The van der Waals surface area contributed by atoms with Gasteiger partial charge in [-0.15, -0.1) is 0 Å². The topological polar surface area (TPSA) is 67.6 Å². The van der Waals surface area contributed by atoms with Gasteiger partial charge in [-0.05, 0) is 19.1 Å². The Balaban J connectivity index is 0.000000791. The van der Waals surface area contributed by atoms with E-state index in [1.54, 1.807) is 0 Å². The third-order valence-electron chi connectivity index (χ3n) is 1.52. The average molecular weight is 194 g/mol. The second-order valence-electron chi connectivity index (χ2n) is 2.51. The largest absolute Gasteiger partial charge is 0.322 e. The quantitative estimate of drug-likeness (QED) is 0.325. The van der Waals surface area contributed by atoms with Crippen LogP contribution in [0.4, 0.5) is 5.69 Å². The summed E-state index contributed by atoms with van der Waals surface area (Å²) in [7, 11) is 0. The van der Waals surface area contributed by atoms with Gasteiger partial charge in [-0.1, -0.05) is 31.5 Å². The van der Waals surface area contributed by atoms with Crippen molar-refractivity contribution in [2.45, 2.75) is 20.8 Å². The number of nitrogens with two attached hydrogens (primary N) is 2. The summed E-state index contributed by atoms with van der Waals surface area (Å²) in [6, 6.07) is 7.74. The highest BCUT2D eigenvalue weighted by Crippen LogP contribution is 2.09. The third-order valence-corrected chi connectivity index (χ3v) is 1.52. The summed E-state index contributed by atoms with van der Waals surface area (Å²) in [6.07, 6.45) is 1.35. The number of hydrazone groups is 1. The second kappa shape index (κ2) is 6.91. The summed E-state index contributed by atoms with van der Waals surface area (Å²) in [5, 5.41) is 4.67. The Morgan fingerprint density at radius 2 is 1.71 bits per heavy atom. The highest BCUT2D eigenvalue weighted by molar-refractivity contribution is 5.77. The Labute approximate surface area is 85.2 Å². The maximum Gasteiger partial charge on any atom is 0.129 e. The minimum absolute atomic E-state index is 0.856. The maximum absolute atomic E-state index is 5.56. The van der Waals surface area contributed by atoms with Crippen LogP contribution in [0, 0.1) is 6.92 Å². The number of anilines is 1. The fourth-order valence-corrected chi connectivity index (χ4v) is 0.855. The normalized spacial score (nSPS) is 9.43. The minimum atomic E-state index is 0.856. The molecule has 0 amide bonds. The zero-order valence-electron chi connectivity index (χ0n) is 8.94. The first-order chi connectivity index (χ1) is 6.74. The Morgan fingerprint density at radius 3 is 2.14 bits per heavy atom. The summed E-state index contributed by atoms with van der Waals surface area (Å²) in [4.78, 5) is 0. The monoisotopic (exact) mass is 194 g/mol. The van der Waals surface area contributed by atoms with E-state index in [1.165, 1.54) is 16.9 Å². The molecular formula is C10H18N4. The zero-order chi connectivity index (χ0) is 11.0. The number of hydrogen-bond donors (Lipinski definition) is 2. The number of benzene rings is 1. The van der Waals surface area contributed by atoms with E-state index >= 15 is 0 Å². The second-order valence-corrected chi connectivity index (χ2v) is 2.51. The van der Waals surface area contributed by atoms with Gasteiger partial charge in [-0.2, -0.15) is 5.10 Å². The predicted octanol–water partition coefficient (Wildman–Crippen LogP) is 1.60. The summed E-state index contributed by atoms with van der Waals surface area (Å²) >= 11 is 0. The Hall–Kier alpha value is -1.55. The van der Waals surface area contributed by atoms with Gasteiger partial charge in [0, 0.05) is 0 Å². The lowest BCUT2D eigenvalue weighted by molar-refractivity contribution is 1.12. The molecule has 0 aliphatic heterocycles. The predicted molar refractivity (Wildman–Crippen MR) is 61.9 cm³/mol. The van der Waals surface area contributed by atoms with Gasteiger partial charge in [0.15, 0.2) is 0 Å². The summed E-state index contributed by atoms with van der Waals surface area (Å²) < 4.78 is 0. The first kappa shape index (κ1) is 12.4. The van der Waals surface area contributed by atoms with Gasteiger partial charge in [0.1, 0.15) is 6.34 Å². The Morgan fingerprint density at radius 1 is 1.21 bits per heavy atom. The first-order valence-electron chi connectivity index (χ1n) is 4.58. The van der Waals surface area contributed by atoms with Gasteiger partial charge in [-0.3, -0.25) is 5.01 Å². The van der Waals surface area contributed by atoms with E-state index < -0.39 is 0 Å². The standard InChI is InChI=1S/C8H12N4.C2H6/c1-7-2-4-8(5-3-7)12(10)6-11-9;1-2/h2-6H,9-10H2,1H3;1-2H3/b11-6-;. The van der Waals surface area contributed by atoms with Gasteiger partial charge in [0.05, 0.1) is 5.69 Å². The molecule has 78 valence electrons. The van der Waals surface area contributed by atoms with E-state index in [0.29, 0.717) is 0 Å². The molecule has 14 heavy (non-hydrogen) atoms. The third kappa shape index (κ3) is 3.91. The molecule has 4 nitrogen and oxygen atoms in total. The first-order valence-corrected chi connectivity index (χ1v) is 4.58. The molecule has 0 heterocycles. The molecule has 1 aromatic rings. The molecule has 1 aromatic carbocycles. The Bertz CT molecular complexity index is 266. The van der Waals surface area contributed by atoms with Crippen LogP contribution in [-0.2, 0) is 0 Å². The molecular weight excluding hydrogens is 176 g/mol. The molecule has 0 unspecified atom stereocenters. The summed E-state index contributed by atoms with van der Waals surface area (Å²) in [5.74, 6) is 10.5. The van der Waals surface area contributed by atoms with Crippen LogP contribution in [0.1, 0.15) is 19.4 Å². The van der Waals surface area contributed by atoms with Crippen LogP contribution < -0.4 is 16.7 Å². The maximum atomic E-state index is 5.56. The molecule has 0 radical (unpaired) electrons.